The normalized spacial score (nSPS) is 16.9. The molecule has 0 N–H and O–H groups in total. The average Bonchev–Trinajstić information content (AvgIpc) is 2.56. The molecule has 1 saturated heterocycles. The number of hydrogen-bond acceptors (Lipinski definition) is 3. The number of halogens is 1. The molecule has 0 saturated carbocycles. The fourth-order valence-electron chi connectivity index (χ4n) is 3.27. The number of benzene rings is 1. The van der Waals surface area contributed by atoms with Crippen molar-refractivity contribution in [3.8, 4) is 11.1 Å². The average molecular weight is 313 g/mol. The van der Waals surface area contributed by atoms with E-state index in [2.05, 4.69) is 34.9 Å². The van der Waals surface area contributed by atoms with Gasteiger partial charge >= 0.3 is 0 Å². The summed E-state index contributed by atoms with van der Waals surface area (Å²) in [4.78, 5) is 9.09. The van der Waals surface area contributed by atoms with Crippen LogP contribution in [0.1, 0.15) is 18.4 Å². The lowest BCUT2D eigenvalue weighted by Crippen LogP contribution is -2.41. The van der Waals surface area contributed by atoms with E-state index in [-0.39, 0.29) is 5.82 Å². The van der Waals surface area contributed by atoms with Crippen molar-refractivity contribution in [2.45, 2.75) is 25.4 Å². The van der Waals surface area contributed by atoms with Gasteiger partial charge in [0.15, 0.2) is 0 Å². The minimum absolute atomic E-state index is 0.199. The highest BCUT2D eigenvalue weighted by Gasteiger charge is 2.20. The van der Waals surface area contributed by atoms with Gasteiger partial charge in [0.25, 0.3) is 0 Å². The maximum Gasteiger partial charge on any atom is 0.131 e. The van der Waals surface area contributed by atoms with Gasteiger partial charge in [-0.3, -0.25) is 9.88 Å². The molecule has 0 aliphatic carbocycles. The zero-order valence-corrected chi connectivity index (χ0v) is 13.9. The number of rotatable bonds is 4. The molecule has 23 heavy (non-hydrogen) atoms. The molecule has 1 aromatic heterocycles. The summed E-state index contributed by atoms with van der Waals surface area (Å²) in [5, 5.41) is 0. The molecule has 2 heterocycles. The molecule has 0 atom stereocenters. The Morgan fingerprint density at radius 3 is 2.70 bits per heavy atom. The number of piperidine rings is 1. The van der Waals surface area contributed by atoms with Gasteiger partial charge in [-0.25, -0.2) is 4.39 Å². The van der Waals surface area contributed by atoms with Crippen molar-refractivity contribution in [3.05, 3.63) is 54.1 Å². The van der Waals surface area contributed by atoms with Gasteiger partial charge in [0.1, 0.15) is 5.82 Å². The lowest BCUT2D eigenvalue weighted by atomic mass is 10.0. The van der Waals surface area contributed by atoms with E-state index in [4.69, 9.17) is 0 Å². The molecule has 122 valence electrons. The van der Waals surface area contributed by atoms with Crippen LogP contribution in [0, 0.1) is 5.82 Å². The smallest absolute Gasteiger partial charge is 0.131 e. The highest BCUT2D eigenvalue weighted by molar-refractivity contribution is 5.63. The van der Waals surface area contributed by atoms with Gasteiger partial charge in [0, 0.05) is 36.1 Å². The van der Waals surface area contributed by atoms with E-state index >= 15 is 0 Å². The van der Waals surface area contributed by atoms with E-state index in [1.165, 1.54) is 18.9 Å². The summed E-state index contributed by atoms with van der Waals surface area (Å²) in [5.41, 5.74) is 2.59. The number of pyridine rings is 1. The molecule has 0 radical (unpaired) electrons. The van der Waals surface area contributed by atoms with Gasteiger partial charge in [0.2, 0.25) is 0 Å². The molecule has 0 unspecified atom stereocenters. The van der Waals surface area contributed by atoms with Gasteiger partial charge in [-0.05, 0) is 57.7 Å². The fraction of sp³-hybridized carbons (Fsp3) is 0.421. The Morgan fingerprint density at radius 2 is 1.96 bits per heavy atom. The Bertz CT molecular complexity index is 651. The van der Waals surface area contributed by atoms with Crippen molar-refractivity contribution in [2.24, 2.45) is 0 Å². The van der Waals surface area contributed by atoms with Gasteiger partial charge in [-0.15, -0.1) is 0 Å². The van der Waals surface area contributed by atoms with Gasteiger partial charge in [-0.2, -0.15) is 0 Å². The maximum atomic E-state index is 14.0. The van der Waals surface area contributed by atoms with Crippen LogP contribution in [0.4, 0.5) is 4.39 Å². The fourth-order valence-corrected chi connectivity index (χ4v) is 3.27. The quantitative estimate of drug-likeness (QED) is 0.862. The topological polar surface area (TPSA) is 19.4 Å². The van der Waals surface area contributed by atoms with Crippen molar-refractivity contribution in [1.82, 2.24) is 14.8 Å². The molecule has 1 aromatic carbocycles. The van der Waals surface area contributed by atoms with Crippen LogP contribution in [0.2, 0.25) is 0 Å². The molecule has 0 amide bonds. The first-order valence-corrected chi connectivity index (χ1v) is 8.21. The summed E-state index contributed by atoms with van der Waals surface area (Å²) in [5.74, 6) is -0.199. The SMILES string of the molecule is CN1CCC(N(C)Cc2cncc(-c3ccccc3F)c2)CC1. The third-order valence-corrected chi connectivity index (χ3v) is 4.72. The summed E-state index contributed by atoms with van der Waals surface area (Å²) in [6, 6.07) is 9.53. The minimum Gasteiger partial charge on any atom is -0.306 e. The molecule has 4 heteroatoms. The Morgan fingerprint density at radius 1 is 1.22 bits per heavy atom. The van der Waals surface area contributed by atoms with E-state index in [0.717, 1.165) is 30.8 Å². The van der Waals surface area contributed by atoms with Crippen LogP contribution in [0.15, 0.2) is 42.7 Å². The van der Waals surface area contributed by atoms with Crippen LogP contribution >= 0.6 is 0 Å². The van der Waals surface area contributed by atoms with Gasteiger partial charge in [-0.1, -0.05) is 18.2 Å². The second kappa shape index (κ2) is 7.20. The monoisotopic (exact) mass is 313 g/mol. The summed E-state index contributed by atoms with van der Waals surface area (Å²) >= 11 is 0. The van der Waals surface area contributed by atoms with Crippen LogP contribution in [0.3, 0.4) is 0 Å². The Balaban J connectivity index is 1.72. The first kappa shape index (κ1) is 16.1. The van der Waals surface area contributed by atoms with Crippen LogP contribution in [-0.2, 0) is 6.54 Å². The zero-order valence-electron chi connectivity index (χ0n) is 13.9. The molecule has 1 aliphatic rings. The number of nitrogens with zero attached hydrogens (tertiary/aromatic N) is 3. The molecule has 2 aromatic rings. The second-order valence-electron chi connectivity index (χ2n) is 6.51. The molecule has 0 bridgehead atoms. The highest BCUT2D eigenvalue weighted by atomic mass is 19.1. The van der Waals surface area contributed by atoms with Crippen LogP contribution in [-0.4, -0.2) is 48.0 Å². The van der Waals surface area contributed by atoms with Crippen LogP contribution < -0.4 is 0 Å². The van der Waals surface area contributed by atoms with Crippen molar-refractivity contribution in [1.29, 1.82) is 0 Å². The van der Waals surface area contributed by atoms with Crippen LogP contribution in [0.25, 0.3) is 11.1 Å². The Hall–Kier alpha value is -1.78. The van der Waals surface area contributed by atoms with Gasteiger partial charge in [0.05, 0.1) is 0 Å². The molecule has 1 fully saturated rings. The third kappa shape index (κ3) is 3.95. The zero-order chi connectivity index (χ0) is 16.2. The first-order chi connectivity index (χ1) is 11.1. The maximum absolute atomic E-state index is 14.0. The van der Waals surface area contributed by atoms with E-state index in [9.17, 15) is 4.39 Å². The van der Waals surface area contributed by atoms with Crippen molar-refractivity contribution < 1.29 is 4.39 Å². The molecule has 3 rings (SSSR count). The summed E-state index contributed by atoms with van der Waals surface area (Å²) in [7, 11) is 4.35. The Labute approximate surface area is 137 Å². The summed E-state index contributed by atoms with van der Waals surface area (Å²) in [6.07, 6.45) is 6.02. The lowest BCUT2D eigenvalue weighted by molar-refractivity contribution is 0.139. The van der Waals surface area contributed by atoms with E-state index in [1.807, 2.05) is 12.3 Å². The minimum atomic E-state index is -0.199. The Kier molecular flexibility index (Phi) is 5.03. The predicted octanol–water partition coefficient (Wildman–Crippen LogP) is 3.41. The molecular weight excluding hydrogens is 289 g/mol. The molecule has 1 aliphatic heterocycles. The van der Waals surface area contributed by atoms with Crippen LogP contribution in [0.5, 0.6) is 0 Å². The van der Waals surface area contributed by atoms with Crippen molar-refractivity contribution in [2.75, 3.05) is 27.2 Å². The largest absolute Gasteiger partial charge is 0.306 e. The molecular formula is C19H24FN3. The van der Waals surface area contributed by atoms with E-state index in [0.29, 0.717) is 11.6 Å². The summed E-state index contributed by atoms with van der Waals surface area (Å²) < 4.78 is 14.0. The van der Waals surface area contributed by atoms with Gasteiger partial charge < -0.3 is 4.90 Å². The van der Waals surface area contributed by atoms with E-state index < -0.39 is 0 Å². The molecule has 3 nitrogen and oxygen atoms in total. The lowest BCUT2D eigenvalue weighted by Gasteiger charge is -2.35. The van der Waals surface area contributed by atoms with Crippen molar-refractivity contribution >= 4 is 0 Å². The third-order valence-electron chi connectivity index (χ3n) is 4.72. The summed E-state index contributed by atoms with van der Waals surface area (Å²) in [6.45, 7) is 3.16. The number of hydrogen-bond donors (Lipinski definition) is 0. The first-order valence-electron chi connectivity index (χ1n) is 8.21. The second-order valence-corrected chi connectivity index (χ2v) is 6.51. The molecule has 0 spiro atoms. The predicted molar refractivity (Wildman–Crippen MR) is 91.6 cm³/mol. The number of likely N-dealkylation sites (tertiary alicyclic amines) is 1. The van der Waals surface area contributed by atoms with E-state index in [1.54, 1.807) is 18.3 Å². The number of aromatic nitrogens is 1. The standard InChI is InChI=1S/C19H24FN3/c1-22-9-7-17(8-10-22)23(2)14-15-11-16(13-21-12-15)18-5-3-4-6-19(18)20/h3-6,11-13,17H,7-10,14H2,1-2H3. The van der Waals surface area contributed by atoms with Crippen molar-refractivity contribution in [3.63, 3.8) is 0 Å². The highest BCUT2D eigenvalue weighted by Crippen LogP contribution is 2.23.